The molecule has 17 heavy (non-hydrogen) atoms. The van der Waals surface area contributed by atoms with E-state index in [9.17, 15) is 4.39 Å². The number of halogens is 1. The van der Waals surface area contributed by atoms with Crippen molar-refractivity contribution in [2.45, 2.75) is 6.92 Å². The van der Waals surface area contributed by atoms with E-state index in [1.165, 1.54) is 18.3 Å². The van der Waals surface area contributed by atoms with Crippen LogP contribution in [0.5, 0.6) is 0 Å². The number of aromatic nitrogens is 2. The molecule has 2 rings (SSSR count). The summed E-state index contributed by atoms with van der Waals surface area (Å²) < 4.78 is 13.1. The van der Waals surface area contributed by atoms with Crippen LogP contribution in [0.15, 0.2) is 24.4 Å². The van der Waals surface area contributed by atoms with E-state index < -0.39 is 0 Å². The number of nitrogens with zero attached hydrogens (tertiary/aromatic N) is 3. The Morgan fingerprint density at radius 2 is 2.18 bits per heavy atom. The normalized spacial score (nSPS) is 9.94. The Morgan fingerprint density at radius 1 is 1.41 bits per heavy atom. The van der Waals surface area contributed by atoms with E-state index >= 15 is 0 Å². The third-order valence-electron chi connectivity index (χ3n) is 2.38. The summed E-state index contributed by atoms with van der Waals surface area (Å²) in [6.45, 7) is 1.83. The Balaban J connectivity index is 2.58. The molecule has 0 saturated heterocycles. The van der Waals surface area contributed by atoms with Crippen LogP contribution in [-0.2, 0) is 0 Å². The van der Waals surface area contributed by atoms with E-state index in [2.05, 4.69) is 9.97 Å². The molecule has 84 valence electrons. The molecule has 0 radical (unpaired) electrons. The molecule has 0 amide bonds. The van der Waals surface area contributed by atoms with Gasteiger partial charge < -0.3 is 5.73 Å². The average Bonchev–Trinajstić information content (AvgIpc) is 2.32. The first kappa shape index (κ1) is 11.0. The highest BCUT2D eigenvalue weighted by molar-refractivity contribution is 5.62. The topological polar surface area (TPSA) is 75.6 Å². The number of nitrogens with two attached hydrogens (primary N) is 1. The zero-order chi connectivity index (χ0) is 12.4. The molecule has 2 N–H and O–H groups in total. The Labute approximate surface area is 97.6 Å². The molecular formula is C12H9FN4. The van der Waals surface area contributed by atoms with Crippen LogP contribution < -0.4 is 5.73 Å². The summed E-state index contributed by atoms with van der Waals surface area (Å²) >= 11 is 0. The molecule has 0 spiro atoms. The van der Waals surface area contributed by atoms with Crippen molar-refractivity contribution in [3.63, 3.8) is 0 Å². The van der Waals surface area contributed by atoms with Gasteiger partial charge in [-0.15, -0.1) is 0 Å². The van der Waals surface area contributed by atoms with Crippen molar-refractivity contribution in [3.8, 4) is 17.5 Å². The van der Waals surface area contributed by atoms with Crippen LogP contribution in [0.3, 0.4) is 0 Å². The molecule has 5 heteroatoms. The lowest BCUT2D eigenvalue weighted by Gasteiger charge is -2.05. The fourth-order valence-corrected chi connectivity index (χ4v) is 1.45. The molecule has 0 aliphatic carbocycles. The lowest BCUT2D eigenvalue weighted by molar-refractivity contribution is 0.627. The number of hydrogen-bond donors (Lipinski definition) is 1. The molecular weight excluding hydrogens is 219 g/mol. The maximum Gasteiger partial charge on any atom is 0.161 e. The van der Waals surface area contributed by atoms with Gasteiger partial charge in [0.2, 0.25) is 0 Å². The minimum atomic E-state index is -0.364. The van der Waals surface area contributed by atoms with Crippen LogP contribution in [0, 0.1) is 24.1 Å². The molecule has 2 aromatic rings. The first-order chi connectivity index (χ1) is 8.11. The van der Waals surface area contributed by atoms with Gasteiger partial charge in [-0.05, 0) is 24.6 Å². The number of aryl methyl sites for hydroxylation is 1. The van der Waals surface area contributed by atoms with Crippen molar-refractivity contribution in [1.29, 1.82) is 5.26 Å². The van der Waals surface area contributed by atoms with Crippen molar-refractivity contribution in [3.05, 3.63) is 41.3 Å². The third kappa shape index (κ3) is 2.06. The molecule has 0 saturated carbocycles. The second-order valence-corrected chi connectivity index (χ2v) is 3.56. The molecule has 4 nitrogen and oxygen atoms in total. The number of benzene rings is 1. The van der Waals surface area contributed by atoms with Crippen molar-refractivity contribution >= 4 is 5.82 Å². The number of nitrogen functional groups attached to an aromatic ring is 1. The highest BCUT2D eigenvalue weighted by Gasteiger charge is 2.09. The van der Waals surface area contributed by atoms with E-state index in [-0.39, 0.29) is 17.2 Å². The maximum atomic E-state index is 13.1. The highest BCUT2D eigenvalue weighted by Crippen LogP contribution is 2.22. The summed E-state index contributed by atoms with van der Waals surface area (Å²) in [6, 6.07) is 6.23. The fourth-order valence-electron chi connectivity index (χ4n) is 1.45. The summed E-state index contributed by atoms with van der Waals surface area (Å²) in [5.41, 5.74) is 7.21. The molecule has 1 heterocycles. The van der Waals surface area contributed by atoms with Crippen LogP contribution >= 0.6 is 0 Å². The Kier molecular flexibility index (Phi) is 2.71. The predicted molar refractivity (Wildman–Crippen MR) is 61.3 cm³/mol. The van der Waals surface area contributed by atoms with Gasteiger partial charge in [-0.3, -0.25) is 0 Å². The fraction of sp³-hybridized carbons (Fsp3) is 0.0833. The second kappa shape index (κ2) is 4.18. The number of nitriles is 1. The minimum Gasteiger partial charge on any atom is -0.382 e. The Morgan fingerprint density at radius 3 is 2.82 bits per heavy atom. The van der Waals surface area contributed by atoms with Gasteiger partial charge >= 0.3 is 0 Å². The molecule has 0 fully saturated rings. The van der Waals surface area contributed by atoms with Gasteiger partial charge in [0, 0.05) is 5.56 Å². The second-order valence-electron chi connectivity index (χ2n) is 3.56. The zero-order valence-electron chi connectivity index (χ0n) is 9.11. The van der Waals surface area contributed by atoms with Crippen LogP contribution in [0.4, 0.5) is 10.2 Å². The van der Waals surface area contributed by atoms with Gasteiger partial charge in [-0.1, -0.05) is 6.07 Å². The standard InChI is InChI=1S/C12H9FN4/c1-7-2-3-9(13)4-10(7)12-16-6-8(5-14)11(15)17-12/h2-4,6H,1H3,(H2,15,16,17). The van der Waals surface area contributed by atoms with Crippen molar-refractivity contribution < 1.29 is 4.39 Å². The van der Waals surface area contributed by atoms with Gasteiger partial charge in [-0.2, -0.15) is 5.26 Å². The molecule has 0 unspecified atom stereocenters. The molecule has 0 aliphatic heterocycles. The highest BCUT2D eigenvalue weighted by atomic mass is 19.1. The predicted octanol–water partition coefficient (Wildman–Crippen LogP) is 2.04. The number of rotatable bonds is 1. The summed E-state index contributed by atoms with van der Waals surface area (Å²) in [7, 11) is 0. The Bertz CT molecular complexity index is 616. The van der Waals surface area contributed by atoms with Crippen LogP contribution in [0.2, 0.25) is 0 Å². The lowest BCUT2D eigenvalue weighted by Crippen LogP contribution is -2.00. The average molecular weight is 228 g/mol. The third-order valence-corrected chi connectivity index (χ3v) is 2.38. The van der Waals surface area contributed by atoms with Crippen LogP contribution in [0.25, 0.3) is 11.4 Å². The molecule has 0 bridgehead atoms. The molecule has 1 aromatic carbocycles. The minimum absolute atomic E-state index is 0.0983. The van der Waals surface area contributed by atoms with Gasteiger partial charge in [-0.25, -0.2) is 14.4 Å². The lowest BCUT2D eigenvalue weighted by atomic mass is 10.1. The van der Waals surface area contributed by atoms with Crippen LogP contribution in [0.1, 0.15) is 11.1 Å². The number of anilines is 1. The summed E-state index contributed by atoms with van der Waals surface area (Å²) in [4.78, 5) is 8.00. The first-order valence-corrected chi connectivity index (χ1v) is 4.91. The molecule has 1 aromatic heterocycles. The Hall–Kier alpha value is -2.48. The summed E-state index contributed by atoms with van der Waals surface area (Å²) in [5, 5.41) is 8.71. The van der Waals surface area contributed by atoms with Gasteiger partial charge in [0.25, 0.3) is 0 Å². The van der Waals surface area contributed by atoms with Crippen LogP contribution in [-0.4, -0.2) is 9.97 Å². The summed E-state index contributed by atoms with van der Waals surface area (Å²) in [5.74, 6) is 0.0526. The maximum absolute atomic E-state index is 13.1. The van der Waals surface area contributed by atoms with E-state index in [1.807, 2.05) is 13.0 Å². The molecule has 0 aliphatic rings. The van der Waals surface area contributed by atoms with Crippen molar-refractivity contribution in [1.82, 2.24) is 9.97 Å². The first-order valence-electron chi connectivity index (χ1n) is 4.91. The zero-order valence-corrected chi connectivity index (χ0v) is 9.11. The SMILES string of the molecule is Cc1ccc(F)cc1-c1ncc(C#N)c(N)n1. The molecule has 0 atom stereocenters. The van der Waals surface area contributed by atoms with E-state index in [0.29, 0.717) is 11.4 Å². The van der Waals surface area contributed by atoms with Crippen molar-refractivity contribution in [2.24, 2.45) is 0 Å². The summed E-state index contributed by atoms with van der Waals surface area (Å²) in [6.07, 6.45) is 1.34. The number of hydrogen-bond acceptors (Lipinski definition) is 4. The van der Waals surface area contributed by atoms with E-state index in [1.54, 1.807) is 6.07 Å². The smallest absolute Gasteiger partial charge is 0.161 e. The quantitative estimate of drug-likeness (QED) is 0.810. The largest absolute Gasteiger partial charge is 0.382 e. The van der Waals surface area contributed by atoms with Crippen molar-refractivity contribution in [2.75, 3.05) is 5.73 Å². The van der Waals surface area contributed by atoms with Gasteiger partial charge in [0.1, 0.15) is 23.3 Å². The monoisotopic (exact) mass is 228 g/mol. The van der Waals surface area contributed by atoms with Gasteiger partial charge in [0.15, 0.2) is 5.82 Å². The van der Waals surface area contributed by atoms with E-state index in [4.69, 9.17) is 11.0 Å². The van der Waals surface area contributed by atoms with Gasteiger partial charge in [0.05, 0.1) is 6.20 Å². The van der Waals surface area contributed by atoms with E-state index in [0.717, 1.165) is 5.56 Å².